The van der Waals surface area contributed by atoms with E-state index in [1.807, 2.05) is 67.6 Å². The summed E-state index contributed by atoms with van der Waals surface area (Å²) >= 11 is 0. The number of ether oxygens (including phenoxy) is 2. The Bertz CT molecular complexity index is 975. The van der Waals surface area contributed by atoms with Crippen LogP contribution in [-0.4, -0.2) is 24.0 Å². The molecular weight excluding hydrogens is 368 g/mol. The van der Waals surface area contributed by atoms with Crippen molar-refractivity contribution in [3.8, 4) is 11.5 Å². The topological polar surface area (TPSA) is 76.7 Å². The largest absolute Gasteiger partial charge is 0.481 e. The van der Waals surface area contributed by atoms with E-state index in [2.05, 4.69) is 10.9 Å². The average Bonchev–Trinajstić information content (AvgIpc) is 2.76. The maximum Gasteiger partial charge on any atom is 0.279 e. The third-order valence-electron chi connectivity index (χ3n) is 4.40. The summed E-state index contributed by atoms with van der Waals surface area (Å²) in [5, 5.41) is 2.11. The molecule has 0 aliphatic rings. The van der Waals surface area contributed by atoms with Crippen molar-refractivity contribution in [3.63, 3.8) is 0 Å². The number of fused-ring (bicyclic) bond motifs is 1. The Morgan fingerprint density at radius 3 is 2.17 bits per heavy atom. The van der Waals surface area contributed by atoms with Crippen LogP contribution in [0.15, 0.2) is 72.8 Å². The first-order chi connectivity index (χ1) is 14.1. The van der Waals surface area contributed by atoms with Crippen molar-refractivity contribution in [2.24, 2.45) is 0 Å². The zero-order valence-electron chi connectivity index (χ0n) is 16.4. The lowest BCUT2D eigenvalue weighted by atomic mass is 10.1. The van der Waals surface area contributed by atoms with Crippen LogP contribution in [0.1, 0.15) is 20.3 Å². The second-order valence-electron chi connectivity index (χ2n) is 6.58. The van der Waals surface area contributed by atoms with Crippen molar-refractivity contribution < 1.29 is 19.1 Å². The summed E-state index contributed by atoms with van der Waals surface area (Å²) < 4.78 is 11.4. The fraction of sp³-hybridized carbons (Fsp3) is 0.217. The summed E-state index contributed by atoms with van der Waals surface area (Å²) in [6, 6.07) is 22.6. The lowest BCUT2D eigenvalue weighted by molar-refractivity contribution is -0.135. The van der Waals surface area contributed by atoms with Gasteiger partial charge in [-0.1, -0.05) is 55.5 Å². The number of rotatable bonds is 7. The summed E-state index contributed by atoms with van der Waals surface area (Å²) in [6.45, 7) is 3.45. The quantitative estimate of drug-likeness (QED) is 0.602. The van der Waals surface area contributed by atoms with Gasteiger partial charge in [-0.15, -0.1) is 0 Å². The lowest BCUT2D eigenvalue weighted by Crippen LogP contribution is -2.51. The molecule has 3 aromatic rings. The van der Waals surface area contributed by atoms with E-state index in [9.17, 15) is 9.59 Å². The van der Waals surface area contributed by atoms with Crippen molar-refractivity contribution in [1.29, 1.82) is 0 Å². The Balaban J connectivity index is 1.52. The monoisotopic (exact) mass is 392 g/mol. The molecule has 6 heteroatoms. The highest BCUT2D eigenvalue weighted by atomic mass is 16.5. The Kier molecular flexibility index (Phi) is 6.68. The van der Waals surface area contributed by atoms with Gasteiger partial charge in [0.05, 0.1) is 0 Å². The molecule has 3 aromatic carbocycles. The van der Waals surface area contributed by atoms with Crippen LogP contribution in [0.2, 0.25) is 0 Å². The first-order valence-corrected chi connectivity index (χ1v) is 9.53. The average molecular weight is 392 g/mol. The minimum atomic E-state index is -0.786. The molecule has 29 heavy (non-hydrogen) atoms. The molecule has 150 valence electrons. The summed E-state index contributed by atoms with van der Waals surface area (Å²) in [4.78, 5) is 24.6. The summed E-state index contributed by atoms with van der Waals surface area (Å²) in [7, 11) is 0. The van der Waals surface area contributed by atoms with Gasteiger partial charge < -0.3 is 9.47 Å². The van der Waals surface area contributed by atoms with E-state index in [1.165, 1.54) is 0 Å². The Labute approximate surface area is 169 Å². The van der Waals surface area contributed by atoms with Crippen molar-refractivity contribution in [1.82, 2.24) is 10.9 Å². The number of para-hydroxylation sites is 1. The highest BCUT2D eigenvalue weighted by molar-refractivity contribution is 5.87. The minimum absolute atomic E-state index is 0.428. The molecule has 3 rings (SSSR count). The summed E-state index contributed by atoms with van der Waals surface area (Å²) in [5.41, 5.74) is 4.80. The van der Waals surface area contributed by atoms with Crippen molar-refractivity contribution in [2.75, 3.05) is 0 Å². The number of nitrogens with one attached hydrogen (secondary N) is 2. The first-order valence-electron chi connectivity index (χ1n) is 9.53. The molecule has 0 fully saturated rings. The van der Waals surface area contributed by atoms with E-state index in [1.54, 1.807) is 19.1 Å². The van der Waals surface area contributed by atoms with Gasteiger partial charge in [0, 0.05) is 0 Å². The van der Waals surface area contributed by atoms with Crippen LogP contribution in [0.25, 0.3) is 10.8 Å². The van der Waals surface area contributed by atoms with Gasteiger partial charge in [-0.05, 0) is 48.4 Å². The van der Waals surface area contributed by atoms with E-state index < -0.39 is 24.0 Å². The van der Waals surface area contributed by atoms with E-state index in [0.29, 0.717) is 17.9 Å². The van der Waals surface area contributed by atoms with E-state index in [4.69, 9.17) is 9.47 Å². The predicted octanol–water partition coefficient (Wildman–Crippen LogP) is 3.61. The molecule has 0 saturated carbocycles. The molecule has 0 radical (unpaired) electrons. The van der Waals surface area contributed by atoms with Crippen LogP contribution >= 0.6 is 0 Å². The van der Waals surface area contributed by atoms with Gasteiger partial charge in [-0.2, -0.15) is 0 Å². The van der Waals surface area contributed by atoms with Crippen LogP contribution in [0.4, 0.5) is 0 Å². The van der Waals surface area contributed by atoms with Crippen LogP contribution in [0, 0.1) is 0 Å². The fourth-order valence-corrected chi connectivity index (χ4v) is 2.79. The number of amides is 2. The predicted molar refractivity (Wildman–Crippen MR) is 111 cm³/mol. The maximum atomic E-state index is 12.3. The molecule has 2 amide bonds. The molecule has 0 bridgehead atoms. The molecule has 2 unspecified atom stereocenters. The minimum Gasteiger partial charge on any atom is -0.481 e. The van der Waals surface area contributed by atoms with Crippen molar-refractivity contribution in [2.45, 2.75) is 32.5 Å². The Morgan fingerprint density at radius 1 is 0.793 bits per heavy atom. The molecular formula is C23H24N2O4. The second-order valence-corrected chi connectivity index (χ2v) is 6.58. The van der Waals surface area contributed by atoms with Gasteiger partial charge in [-0.3, -0.25) is 20.4 Å². The van der Waals surface area contributed by atoms with Crippen molar-refractivity contribution in [3.05, 3.63) is 72.8 Å². The number of hydrazine groups is 1. The van der Waals surface area contributed by atoms with Crippen molar-refractivity contribution >= 4 is 22.6 Å². The third kappa shape index (κ3) is 5.48. The summed E-state index contributed by atoms with van der Waals surface area (Å²) in [5.74, 6) is 0.286. The van der Waals surface area contributed by atoms with Crippen LogP contribution < -0.4 is 20.3 Å². The molecule has 6 nitrogen and oxygen atoms in total. The standard InChI is InChI=1S/C23H24N2O4/c1-3-21(29-19-11-5-4-6-12-19)23(27)25-24-22(26)16(2)28-20-14-13-17-9-7-8-10-18(17)15-20/h4-16,21H,3H2,1-2H3,(H,24,26)(H,25,27). The number of hydrogen-bond donors (Lipinski definition) is 2. The summed E-state index contributed by atoms with van der Waals surface area (Å²) in [6.07, 6.45) is -1.04. The fourth-order valence-electron chi connectivity index (χ4n) is 2.79. The maximum absolute atomic E-state index is 12.3. The Morgan fingerprint density at radius 2 is 1.45 bits per heavy atom. The second kappa shape index (κ2) is 9.59. The van der Waals surface area contributed by atoms with E-state index >= 15 is 0 Å². The first kappa shape index (κ1) is 20.2. The van der Waals surface area contributed by atoms with Gasteiger partial charge >= 0.3 is 0 Å². The highest BCUT2D eigenvalue weighted by Crippen LogP contribution is 2.21. The van der Waals surface area contributed by atoms with Crippen LogP contribution in [-0.2, 0) is 9.59 Å². The number of carbonyl (C=O) groups is 2. The molecule has 0 spiro atoms. The SMILES string of the molecule is CCC(Oc1ccccc1)C(=O)NNC(=O)C(C)Oc1ccc2ccccc2c1. The molecule has 2 N–H and O–H groups in total. The van der Waals surface area contributed by atoms with E-state index in [0.717, 1.165) is 10.8 Å². The van der Waals surface area contributed by atoms with Gasteiger partial charge in [0.15, 0.2) is 12.2 Å². The van der Waals surface area contributed by atoms with E-state index in [-0.39, 0.29) is 0 Å². The number of benzene rings is 3. The van der Waals surface area contributed by atoms with Gasteiger partial charge in [0.25, 0.3) is 11.8 Å². The normalized spacial score (nSPS) is 12.6. The van der Waals surface area contributed by atoms with Crippen LogP contribution in [0.3, 0.4) is 0 Å². The molecule has 2 atom stereocenters. The zero-order chi connectivity index (χ0) is 20.6. The lowest BCUT2D eigenvalue weighted by Gasteiger charge is -2.19. The molecule has 0 aliphatic heterocycles. The number of hydrogen-bond acceptors (Lipinski definition) is 4. The van der Waals surface area contributed by atoms with Gasteiger partial charge in [-0.25, -0.2) is 0 Å². The molecule has 0 saturated heterocycles. The molecule has 0 heterocycles. The van der Waals surface area contributed by atoms with Gasteiger partial charge in [0.2, 0.25) is 0 Å². The number of carbonyl (C=O) groups excluding carboxylic acids is 2. The smallest absolute Gasteiger partial charge is 0.279 e. The van der Waals surface area contributed by atoms with Gasteiger partial charge in [0.1, 0.15) is 11.5 Å². The molecule has 0 aliphatic carbocycles. The zero-order valence-corrected chi connectivity index (χ0v) is 16.4. The molecule has 0 aromatic heterocycles. The van der Waals surface area contributed by atoms with Crippen LogP contribution in [0.5, 0.6) is 11.5 Å². The Hall–Kier alpha value is -3.54. The third-order valence-corrected chi connectivity index (χ3v) is 4.40. The highest BCUT2D eigenvalue weighted by Gasteiger charge is 2.21.